The van der Waals surface area contributed by atoms with Crippen LogP contribution in [0.1, 0.15) is 30.4 Å². The Kier molecular flexibility index (Phi) is 6.92. The van der Waals surface area contributed by atoms with Gasteiger partial charge in [-0.2, -0.15) is 8.42 Å². The van der Waals surface area contributed by atoms with Crippen LogP contribution in [-0.2, 0) is 26.2 Å². The minimum Gasteiger partial charge on any atom is -0.383 e. The van der Waals surface area contributed by atoms with E-state index in [9.17, 15) is 13.2 Å². The summed E-state index contributed by atoms with van der Waals surface area (Å²) >= 11 is 0. The van der Waals surface area contributed by atoms with Crippen LogP contribution in [0, 0.1) is 5.92 Å². The smallest absolute Gasteiger partial charge is 0.308 e. The number of methoxy groups -OCH3 is 1. The van der Waals surface area contributed by atoms with Gasteiger partial charge in [-0.25, -0.2) is 0 Å². The first-order chi connectivity index (χ1) is 13.9. The molecule has 0 aromatic heterocycles. The van der Waals surface area contributed by atoms with Crippen molar-refractivity contribution in [3.63, 3.8) is 0 Å². The molecular weight excluding hydrogens is 390 g/mol. The van der Waals surface area contributed by atoms with E-state index < -0.39 is 10.1 Å². The predicted molar refractivity (Wildman–Crippen MR) is 111 cm³/mol. The van der Waals surface area contributed by atoms with Gasteiger partial charge in [0.15, 0.2) is 0 Å². The van der Waals surface area contributed by atoms with Crippen molar-refractivity contribution in [1.82, 2.24) is 4.90 Å². The lowest BCUT2D eigenvalue weighted by atomic mass is 10.1. The number of benzene rings is 2. The predicted octanol–water partition coefficient (Wildman–Crippen LogP) is 3.19. The molecule has 2 aromatic carbocycles. The number of nitrogens with zero attached hydrogens (tertiary/aromatic N) is 1. The molecular formula is C22H27NO5S. The highest BCUT2D eigenvalue weighted by atomic mass is 32.2. The average molecular weight is 418 g/mol. The van der Waals surface area contributed by atoms with E-state index in [4.69, 9.17) is 8.92 Å². The molecule has 0 spiro atoms. The number of hydrogen-bond acceptors (Lipinski definition) is 5. The molecule has 1 aliphatic carbocycles. The Hall–Kier alpha value is -2.38. The van der Waals surface area contributed by atoms with Gasteiger partial charge in [0.2, 0.25) is 5.91 Å². The fraction of sp³-hybridized carbons (Fsp3) is 0.409. The Morgan fingerprint density at radius 2 is 1.90 bits per heavy atom. The first-order valence-corrected chi connectivity index (χ1v) is 11.3. The van der Waals surface area contributed by atoms with Crippen LogP contribution in [-0.4, -0.2) is 45.2 Å². The van der Waals surface area contributed by atoms with Gasteiger partial charge in [0, 0.05) is 26.1 Å². The molecule has 7 heteroatoms. The molecule has 156 valence electrons. The van der Waals surface area contributed by atoms with Crippen LogP contribution >= 0.6 is 0 Å². The minimum atomic E-state index is -3.59. The third kappa shape index (κ3) is 5.81. The third-order valence-corrected chi connectivity index (χ3v) is 6.21. The van der Waals surface area contributed by atoms with Crippen molar-refractivity contribution in [3.8, 4) is 5.75 Å². The van der Waals surface area contributed by atoms with Gasteiger partial charge in [-0.1, -0.05) is 42.5 Å². The summed E-state index contributed by atoms with van der Waals surface area (Å²) in [6.45, 7) is 2.83. The Balaban J connectivity index is 1.70. The van der Waals surface area contributed by atoms with E-state index in [0.717, 1.165) is 12.0 Å². The van der Waals surface area contributed by atoms with E-state index in [1.807, 2.05) is 24.3 Å². The monoisotopic (exact) mass is 417 g/mol. The normalized spacial score (nSPS) is 18.3. The molecule has 0 bridgehead atoms. The summed E-state index contributed by atoms with van der Waals surface area (Å²) in [6, 6.07) is 17.0. The van der Waals surface area contributed by atoms with Crippen molar-refractivity contribution in [1.29, 1.82) is 0 Å². The van der Waals surface area contributed by atoms with E-state index in [1.165, 1.54) is 12.5 Å². The fourth-order valence-electron chi connectivity index (χ4n) is 3.36. The second kappa shape index (κ2) is 9.41. The van der Waals surface area contributed by atoms with Crippen molar-refractivity contribution in [2.45, 2.75) is 25.8 Å². The second-order valence-electron chi connectivity index (χ2n) is 7.19. The maximum absolute atomic E-state index is 13.1. The molecule has 1 aliphatic rings. The zero-order valence-electron chi connectivity index (χ0n) is 16.8. The number of ether oxygens (including phenoxy) is 1. The van der Waals surface area contributed by atoms with Crippen molar-refractivity contribution in [2.75, 3.05) is 26.0 Å². The van der Waals surface area contributed by atoms with Gasteiger partial charge in [-0.15, -0.1) is 0 Å². The summed E-state index contributed by atoms with van der Waals surface area (Å²) in [5, 5.41) is 0. The van der Waals surface area contributed by atoms with Crippen LogP contribution in [0.3, 0.4) is 0 Å². The molecule has 1 amide bonds. The number of rotatable bonds is 10. The quantitative estimate of drug-likeness (QED) is 0.555. The van der Waals surface area contributed by atoms with Gasteiger partial charge in [0.1, 0.15) is 5.75 Å². The van der Waals surface area contributed by atoms with Crippen LogP contribution in [0.4, 0.5) is 0 Å². The number of carbonyl (C=O) groups is 1. The summed E-state index contributed by atoms with van der Waals surface area (Å²) < 4.78 is 33.7. The highest BCUT2D eigenvalue weighted by Crippen LogP contribution is 2.48. The Morgan fingerprint density at radius 3 is 2.59 bits per heavy atom. The molecule has 0 radical (unpaired) electrons. The highest BCUT2D eigenvalue weighted by molar-refractivity contribution is 7.87. The van der Waals surface area contributed by atoms with E-state index in [2.05, 4.69) is 12.1 Å². The molecule has 6 nitrogen and oxygen atoms in total. The topological polar surface area (TPSA) is 72.9 Å². The fourth-order valence-corrected chi connectivity index (χ4v) is 3.88. The molecule has 1 fully saturated rings. The van der Waals surface area contributed by atoms with Gasteiger partial charge >= 0.3 is 10.1 Å². The maximum Gasteiger partial charge on any atom is 0.308 e. The maximum atomic E-state index is 13.1. The molecule has 1 saturated carbocycles. The summed E-state index contributed by atoms with van der Waals surface area (Å²) in [6.07, 6.45) is 0.851. The Bertz CT molecular complexity index is 929. The van der Waals surface area contributed by atoms with Crippen molar-refractivity contribution in [3.05, 3.63) is 65.7 Å². The van der Waals surface area contributed by atoms with Gasteiger partial charge in [0.05, 0.1) is 12.4 Å². The van der Waals surface area contributed by atoms with Crippen molar-refractivity contribution in [2.24, 2.45) is 5.92 Å². The van der Waals surface area contributed by atoms with E-state index >= 15 is 0 Å². The van der Waals surface area contributed by atoms with Crippen LogP contribution < -0.4 is 4.18 Å². The third-order valence-electron chi connectivity index (χ3n) is 5.06. The number of carbonyl (C=O) groups excluding carboxylic acids is 1. The first kappa shape index (κ1) is 21.3. The molecule has 0 saturated heterocycles. The van der Waals surface area contributed by atoms with Gasteiger partial charge in [-0.3, -0.25) is 4.79 Å². The van der Waals surface area contributed by atoms with E-state index in [0.29, 0.717) is 19.7 Å². The van der Waals surface area contributed by atoms with E-state index in [1.54, 1.807) is 30.2 Å². The van der Waals surface area contributed by atoms with Gasteiger partial charge in [-0.05, 0) is 42.5 Å². The van der Waals surface area contributed by atoms with Crippen LogP contribution in [0.25, 0.3) is 0 Å². The van der Waals surface area contributed by atoms with Crippen LogP contribution in [0.15, 0.2) is 54.6 Å². The van der Waals surface area contributed by atoms with Crippen molar-refractivity contribution >= 4 is 16.0 Å². The average Bonchev–Trinajstić information content (AvgIpc) is 3.52. The largest absolute Gasteiger partial charge is 0.383 e. The highest BCUT2D eigenvalue weighted by Gasteiger charge is 2.45. The number of hydrogen-bond donors (Lipinski definition) is 0. The molecule has 2 atom stereocenters. The lowest BCUT2D eigenvalue weighted by molar-refractivity contribution is -0.134. The zero-order valence-corrected chi connectivity index (χ0v) is 17.6. The molecule has 29 heavy (non-hydrogen) atoms. The minimum absolute atomic E-state index is 0.0193. The van der Waals surface area contributed by atoms with Crippen molar-refractivity contribution < 1.29 is 22.1 Å². The van der Waals surface area contributed by atoms with Crippen LogP contribution in [0.2, 0.25) is 0 Å². The molecule has 0 aliphatic heterocycles. The van der Waals surface area contributed by atoms with E-state index in [-0.39, 0.29) is 29.2 Å². The summed E-state index contributed by atoms with van der Waals surface area (Å²) in [5.41, 5.74) is 2.01. The molecule has 0 heterocycles. The van der Waals surface area contributed by atoms with Crippen LogP contribution in [0.5, 0.6) is 5.75 Å². The molecule has 2 aromatic rings. The molecule has 3 rings (SSSR count). The van der Waals surface area contributed by atoms with Gasteiger partial charge < -0.3 is 13.8 Å². The summed E-state index contributed by atoms with van der Waals surface area (Å²) in [4.78, 5) is 14.9. The second-order valence-corrected chi connectivity index (χ2v) is 9.05. The lowest BCUT2D eigenvalue weighted by Crippen LogP contribution is -2.34. The molecule has 0 N–H and O–H groups in total. The first-order valence-electron chi connectivity index (χ1n) is 9.77. The SMILES string of the molecule is CCS(=O)(=O)Oc1cccc(CN(CCOC)C(=O)C2CC2c2ccccc2)c1. The standard InChI is InChI=1S/C22H27NO5S/c1-3-29(25,26)28-19-11-7-8-17(14-19)16-23(12-13-27-2)22(24)21-15-20(21)18-9-5-4-6-10-18/h4-11,14,20-21H,3,12-13,15-16H2,1-2H3. The molecule has 2 unspecified atom stereocenters. The summed E-state index contributed by atoms with van der Waals surface area (Å²) in [5.74, 6) is 0.505. The lowest BCUT2D eigenvalue weighted by Gasteiger charge is -2.23. The zero-order chi connectivity index (χ0) is 20.9. The van der Waals surface area contributed by atoms with Gasteiger partial charge in [0.25, 0.3) is 0 Å². The Labute approximate surface area is 172 Å². The Morgan fingerprint density at radius 1 is 1.14 bits per heavy atom. The number of amides is 1. The summed E-state index contributed by atoms with van der Waals surface area (Å²) in [7, 11) is -1.98.